The van der Waals surface area contributed by atoms with E-state index in [1.54, 1.807) is 73.2 Å². The summed E-state index contributed by atoms with van der Waals surface area (Å²) in [5.74, 6) is -0.456. The first kappa shape index (κ1) is 26.4. The molecule has 37 heavy (non-hydrogen) atoms. The van der Waals surface area contributed by atoms with Gasteiger partial charge in [0.1, 0.15) is 5.82 Å². The lowest BCUT2D eigenvalue weighted by Gasteiger charge is -2.40. The van der Waals surface area contributed by atoms with Crippen LogP contribution in [0.2, 0.25) is 0 Å². The predicted molar refractivity (Wildman–Crippen MR) is 141 cm³/mol. The number of sulfonamides is 1. The number of benzene rings is 3. The Morgan fingerprint density at radius 2 is 1.86 bits per heavy atom. The van der Waals surface area contributed by atoms with Crippen LogP contribution in [0, 0.1) is 17.1 Å². The van der Waals surface area contributed by atoms with Crippen molar-refractivity contribution in [3.05, 3.63) is 114 Å². The summed E-state index contributed by atoms with van der Waals surface area (Å²) in [5, 5.41) is 9.47. The van der Waals surface area contributed by atoms with Crippen LogP contribution in [-0.2, 0) is 29.5 Å². The molecule has 0 spiro atoms. The number of fused-ring (bicyclic) bond motifs is 1. The second-order valence-corrected chi connectivity index (χ2v) is 10.6. The zero-order valence-corrected chi connectivity index (χ0v) is 21.4. The van der Waals surface area contributed by atoms with Crippen LogP contribution in [0.15, 0.2) is 90.2 Å². The normalized spacial score (nSPS) is 15.1. The van der Waals surface area contributed by atoms with E-state index >= 15 is 0 Å². The monoisotopic (exact) mass is 537 g/mol. The maximum absolute atomic E-state index is 14.7. The molecular weight excluding hydrogens is 513 g/mol. The molecule has 1 aromatic heterocycles. The number of H-pyrrole nitrogens is 1. The molecule has 5 rings (SSSR count). The number of aromatic amines is 1. The Hall–Kier alpha value is -3.71. The molecule has 190 valence electrons. The van der Waals surface area contributed by atoms with Crippen molar-refractivity contribution >= 4 is 28.1 Å². The summed E-state index contributed by atoms with van der Waals surface area (Å²) in [7, 11) is -3.97. The highest BCUT2D eigenvalue weighted by Gasteiger charge is 2.37. The smallest absolute Gasteiger partial charge is 0.243 e. The van der Waals surface area contributed by atoms with Crippen molar-refractivity contribution in [3.8, 4) is 6.07 Å². The van der Waals surface area contributed by atoms with Crippen LogP contribution in [0.1, 0.15) is 22.4 Å². The molecular formula is C27H25ClFN5O2S. The standard InChI is InChI=1S/C27H24FN5O2S.ClH/c28-26-9-5-4-6-21(26)16-33(36(34,35)25-7-2-1-3-8-25)24-13-22-12-20(14-29)10-11-27(22)32(18-24)17-23-15-30-19-31-23;/h1-12,15,19,24H,13,16-18H2,(H,30,31);1H. The molecule has 4 aromatic rings. The maximum atomic E-state index is 14.7. The molecule has 0 bridgehead atoms. The van der Waals surface area contributed by atoms with Gasteiger partial charge in [-0.2, -0.15) is 9.57 Å². The maximum Gasteiger partial charge on any atom is 0.243 e. The van der Waals surface area contributed by atoms with Gasteiger partial charge in [0, 0.05) is 36.6 Å². The van der Waals surface area contributed by atoms with E-state index in [-0.39, 0.29) is 23.8 Å². The summed E-state index contributed by atoms with van der Waals surface area (Å²) in [6.45, 7) is 0.724. The molecule has 0 fully saturated rings. The zero-order chi connectivity index (χ0) is 25.1. The molecule has 1 aliphatic rings. The number of halogens is 2. The van der Waals surface area contributed by atoms with E-state index in [0.29, 0.717) is 30.6 Å². The largest absolute Gasteiger partial charge is 0.364 e. The van der Waals surface area contributed by atoms with Crippen LogP contribution in [0.25, 0.3) is 0 Å². The second kappa shape index (κ2) is 11.1. The summed E-state index contributed by atoms with van der Waals surface area (Å²) in [5.41, 5.74) is 3.39. The summed E-state index contributed by atoms with van der Waals surface area (Å²) >= 11 is 0. The fourth-order valence-electron chi connectivity index (χ4n) is 4.65. The zero-order valence-electron chi connectivity index (χ0n) is 19.8. The van der Waals surface area contributed by atoms with Gasteiger partial charge in [-0.3, -0.25) is 0 Å². The average Bonchev–Trinajstić information content (AvgIpc) is 3.41. The first-order valence-electron chi connectivity index (χ1n) is 11.5. The number of nitrogens with zero attached hydrogens (tertiary/aromatic N) is 4. The van der Waals surface area contributed by atoms with Crippen LogP contribution in [-0.4, -0.2) is 35.3 Å². The number of imidazole rings is 1. The first-order chi connectivity index (χ1) is 17.5. The Morgan fingerprint density at radius 3 is 2.57 bits per heavy atom. The fraction of sp³-hybridized carbons (Fsp3) is 0.185. The number of hydrogen-bond acceptors (Lipinski definition) is 5. The molecule has 2 heterocycles. The molecule has 0 aliphatic carbocycles. The van der Waals surface area contributed by atoms with Crippen LogP contribution in [0.5, 0.6) is 0 Å². The Morgan fingerprint density at radius 1 is 1.11 bits per heavy atom. The molecule has 7 nitrogen and oxygen atoms in total. The molecule has 3 aromatic carbocycles. The Kier molecular flexibility index (Phi) is 7.93. The van der Waals surface area contributed by atoms with Gasteiger partial charge < -0.3 is 9.88 Å². The number of rotatable bonds is 7. The lowest BCUT2D eigenvalue weighted by molar-refractivity contribution is 0.299. The van der Waals surface area contributed by atoms with E-state index < -0.39 is 21.9 Å². The predicted octanol–water partition coefficient (Wildman–Crippen LogP) is 4.66. The van der Waals surface area contributed by atoms with Gasteiger partial charge in [0.15, 0.2) is 0 Å². The van der Waals surface area contributed by atoms with E-state index in [1.165, 1.54) is 10.4 Å². The number of nitrogens with one attached hydrogen (secondary N) is 1. The molecule has 0 radical (unpaired) electrons. The van der Waals surface area contributed by atoms with E-state index in [0.717, 1.165) is 16.9 Å². The van der Waals surface area contributed by atoms with E-state index in [2.05, 4.69) is 20.9 Å². The Labute approximate surface area is 221 Å². The van der Waals surface area contributed by atoms with Crippen LogP contribution in [0.4, 0.5) is 10.1 Å². The summed E-state index contributed by atoms with van der Waals surface area (Å²) in [4.78, 5) is 9.50. The Bertz CT molecular complexity index is 1510. The van der Waals surface area contributed by atoms with Crippen molar-refractivity contribution in [3.63, 3.8) is 0 Å². The minimum atomic E-state index is -3.97. The second-order valence-electron chi connectivity index (χ2n) is 8.71. The minimum absolute atomic E-state index is 0. The van der Waals surface area contributed by atoms with Gasteiger partial charge in [0.2, 0.25) is 10.0 Å². The summed E-state index contributed by atoms with van der Waals surface area (Å²) in [6, 6.07) is 21.5. The van der Waals surface area contributed by atoms with E-state index in [9.17, 15) is 18.1 Å². The van der Waals surface area contributed by atoms with Gasteiger partial charge in [0.05, 0.1) is 35.1 Å². The van der Waals surface area contributed by atoms with Crippen molar-refractivity contribution < 1.29 is 12.8 Å². The first-order valence-corrected chi connectivity index (χ1v) is 13.0. The molecule has 1 N–H and O–H groups in total. The minimum Gasteiger partial charge on any atom is -0.364 e. The van der Waals surface area contributed by atoms with Crippen molar-refractivity contribution in [1.29, 1.82) is 5.26 Å². The average molecular weight is 538 g/mol. The highest BCUT2D eigenvalue weighted by molar-refractivity contribution is 7.89. The third-order valence-electron chi connectivity index (χ3n) is 6.38. The van der Waals surface area contributed by atoms with Crippen molar-refractivity contribution in [1.82, 2.24) is 14.3 Å². The highest BCUT2D eigenvalue weighted by Crippen LogP contribution is 2.34. The van der Waals surface area contributed by atoms with Gasteiger partial charge in [-0.15, -0.1) is 12.4 Å². The van der Waals surface area contributed by atoms with Gasteiger partial charge in [-0.25, -0.2) is 17.8 Å². The number of aromatic nitrogens is 2. The molecule has 1 aliphatic heterocycles. The van der Waals surface area contributed by atoms with Crippen molar-refractivity contribution in [2.24, 2.45) is 0 Å². The Balaban J connectivity index is 0.00000320. The van der Waals surface area contributed by atoms with Crippen molar-refractivity contribution in [2.45, 2.75) is 30.4 Å². The lowest BCUT2D eigenvalue weighted by Crippen LogP contribution is -2.50. The number of nitriles is 1. The van der Waals surface area contributed by atoms with E-state index in [1.807, 2.05) is 6.07 Å². The van der Waals surface area contributed by atoms with Crippen LogP contribution in [0.3, 0.4) is 0 Å². The third kappa shape index (κ3) is 5.52. The van der Waals surface area contributed by atoms with Gasteiger partial charge in [-0.1, -0.05) is 36.4 Å². The quantitative estimate of drug-likeness (QED) is 0.370. The van der Waals surface area contributed by atoms with Gasteiger partial charge >= 0.3 is 0 Å². The molecule has 1 atom stereocenters. The van der Waals surface area contributed by atoms with Crippen LogP contribution >= 0.6 is 12.4 Å². The summed E-state index contributed by atoms with van der Waals surface area (Å²) in [6.07, 6.45) is 3.79. The molecule has 10 heteroatoms. The fourth-order valence-corrected chi connectivity index (χ4v) is 6.26. The van der Waals surface area contributed by atoms with E-state index in [4.69, 9.17) is 0 Å². The topological polar surface area (TPSA) is 93.1 Å². The van der Waals surface area contributed by atoms with Crippen molar-refractivity contribution in [2.75, 3.05) is 11.4 Å². The number of hydrogen-bond donors (Lipinski definition) is 1. The lowest BCUT2D eigenvalue weighted by atomic mass is 9.95. The molecule has 0 saturated heterocycles. The van der Waals surface area contributed by atoms with Crippen LogP contribution < -0.4 is 4.90 Å². The third-order valence-corrected chi connectivity index (χ3v) is 8.30. The molecule has 1 unspecified atom stereocenters. The summed E-state index contributed by atoms with van der Waals surface area (Å²) < 4.78 is 43.9. The SMILES string of the molecule is Cl.N#Cc1ccc2c(c1)CC(N(Cc1ccccc1F)S(=O)(=O)c1ccccc1)CN2Cc1c[nH]cn1. The van der Waals surface area contributed by atoms with Gasteiger partial charge in [0.25, 0.3) is 0 Å². The molecule has 0 saturated carbocycles. The number of anilines is 1. The molecule has 0 amide bonds. The van der Waals surface area contributed by atoms with Gasteiger partial charge in [-0.05, 0) is 48.4 Å². The highest BCUT2D eigenvalue weighted by atomic mass is 35.5.